The third-order valence-corrected chi connectivity index (χ3v) is 1.96. The number of hydrogen-bond donors (Lipinski definition) is 2. The summed E-state index contributed by atoms with van der Waals surface area (Å²) in [4.78, 5) is 14.3. The summed E-state index contributed by atoms with van der Waals surface area (Å²) in [5.74, 6) is 0.929. The van der Waals surface area contributed by atoms with Crippen molar-refractivity contribution in [2.75, 3.05) is 6.61 Å². The molecule has 0 aromatic carbocycles. The highest BCUT2D eigenvalue weighted by molar-refractivity contribution is 5.67. The van der Waals surface area contributed by atoms with Gasteiger partial charge in [-0.25, -0.2) is 9.78 Å². The van der Waals surface area contributed by atoms with Crippen molar-refractivity contribution >= 4 is 5.97 Å². The van der Waals surface area contributed by atoms with Gasteiger partial charge < -0.3 is 9.84 Å². The van der Waals surface area contributed by atoms with Gasteiger partial charge in [0.1, 0.15) is 13.2 Å². The first-order chi connectivity index (χ1) is 6.75. The van der Waals surface area contributed by atoms with E-state index in [4.69, 9.17) is 9.84 Å². The van der Waals surface area contributed by atoms with Crippen LogP contribution >= 0.6 is 0 Å². The molecule has 1 aromatic heterocycles. The Morgan fingerprint density at radius 1 is 1.64 bits per heavy atom. The van der Waals surface area contributed by atoms with Crippen LogP contribution in [-0.2, 0) is 16.1 Å². The van der Waals surface area contributed by atoms with E-state index >= 15 is 0 Å². The van der Waals surface area contributed by atoms with Crippen molar-refractivity contribution in [3.8, 4) is 0 Å². The van der Waals surface area contributed by atoms with Gasteiger partial charge in [0.25, 0.3) is 0 Å². The molecule has 0 bridgehead atoms. The molecule has 1 aliphatic carbocycles. The molecule has 14 heavy (non-hydrogen) atoms. The first kappa shape index (κ1) is 9.14. The van der Waals surface area contributed by atoms with E-state index in [9.17, 15) is 4.79 Å². The minimum atomic E-state index is -0.980. The van der Waals surface area contributed by atoms with E-state index in [-0.39, 0.29) is 13.2 Å². The highest BCUT2D eigenvalue weighted by Crippen LogP contribution is 2.37. The molecule has 0 saturated heterocycles. The van der Waals surface area contributed by atoms with Gasteiger partial charge in [-0.15, -0.1) is 0 Å². The average molecular weight is 197 g/mol. The van der Waals surface area contributed by atoms with Gasteiger partial charge in [0, 0.05) is 5.92 Å². The Hall–Kier alpha value is -1.43. The van der Waals surface area contributed by atoms with E-state index in [1.807, 2.05) is 0 Å². The van der Waals surface area contributed by atoms with Gasteiger partial charge >= 0.3 is 5.97 Å². The number of nitrogens with zero attached hydrogens (tertiary/aromatic N) is 2. The predicted molar refractivity (Wildman–Crippen MR) is 45.6 cm³/mol. The van der Waals surface area contributed by atoms with Crippen LogP contribution in [0.15, 0.2) is 0 Å². The van der Waals surface area contributed by atoms with E-state index in [0.717, 1.165) is 18.7 Å². The van der Waals surface area contributed by atoms with Crippen LogP contribution in [0.1, 0.15) is 30.4 Å². The predicted octanol–water partition coefficient (Wildman–Crippen LogP) is 0.283. The monoisotopic (exact) mass is 197 g/mol. The summed E-state index contributed by atoms with van der Waals surface area (Å²) < 4.78 is 4.86. The molecule has 0 unspecified atom stereocenters. The first-order valence-corrected chi connectivity index (χ1v) is 4.46. The van der Waals surface area contributed by atoms with Crippen molar-refractivity contribution < 1.29 is 14.6 Å². The molecule has 0 radical (unpaired) electrons. The summed E-state index contributed by atoms with van der Waals surface area (Å²) in [5, 5.41) is 15.1. The second kappa shape index (κ2) is 3.75. The number of H-pyrrole nitrogens is 1. The van der Waals surface area contributed by atoms with Gasteiger partial charge in [0.05, 0.1) is 0 Å². The molecule has 0 spiro atoms. The van der Waals surface area contributed by atoms with Crippen LogP contribution in [0, 0.1) is 0 Å². The molecule has 6 heteroatoms. The van der Waals surface area contributed by atoms with Gasteiger partial charge in [-0.05, 0) is 12.8 Å². The number of nitrogens with one attached hydrogen (secondary N) is 1. The Labute approximate surface area is 80.3 Å². The minimum Gasteiger partial charge on any atom is -0.480 e. The molecule has 1 heterocycles. The third-order valence-electron chi connectivity index (χ3n) is 1.96. The number of carboxylic acid groups (broad SMARTS) is 1. The summed E-state index contributed by atoms with van der Waals surface area (Å²) in [6, 6.07) is 0. The summed E-state index contributed by atoms with van der Waals surface area (Å²) in [6.07, 6.45) is 2.29. The number of aromatic amines is 1. The number of carboxylic acids is 1. The Bertz CT molecular complexity index is 332. The van der Waals surface area contributed by atoms with Crippen molar-refractivity contribution in [1.82, 2.24) is 15.2 Å². The smallest absolute Gasteiger partial charge is 0.329 e. The summed E-state index contributed by atoms with van der Waals surface area (Å²) in [5.41, 5.74) is 0. The van der Waals surface area contributed by atoms with Gasteiger partial charge in [-0.3, -0.25) is 5.10 Å². The van der Waals surface area contributed by atoms with Crippen molar-refractivity contribution in [3.05, 3.63) is 11.6 Å². The van der Waals surface area contributed by atoms with E-state index in [0.29, 0.717) is 11.7 Å². The topological polar surface area (TPSA) is 88.1 Å². The van der Waals surface area contributed by atoms with Crippen molar-refractivity contribution in [3.63, 3.8) is 0 Å². The molecule has 1 aliphatic rings. The number of hydrogen-bond acceptors (Lipinski definition) is 4. The summed E-state index contributed by atoms with van der Waals surface area (Å²) in [7, 11) is 0. The zero-order valence-corrected chi connectivity index (χ0v) is 7.56. The largest absolute Gasteiger partial charge is 0.480 e. The highest BCUT2D eigenvalue weighted by Gasteiger charge is 2.27. The van der Waals surface area contributed by atoms with Crippen LogP contribution in [0.3, 0.4) is 0 Å². The standard InChI is InChI=1S/C8H11N3O3/c12-7(13)4-14-3-6-9-8(11-10-6)5-1-2-5/h5H,1-4H2,(H,12,13)(H,9,10,11). The highest BCUT2D eigenvalue weighted by atomic mass is 16.5. The summed E-state index contributed by atoms with van der Waals surface area (Å²) in [6.45, 7) is -0.133. The van der Waals surface area contributed by atoms with Gasteiger partial charge in [-0.2, -0.15) is 5.10 Å². The number of rotatable bonds is 5. The SMILES string of the molecule is O=C(O)COCc1nc(C2CC2)n[nH]1. The second-order valence-electron chi connectivity index (χ2n) is 3.30. The van der Waals surface area contributed by atoms with Crippen LogP contribution in [-0.4, -0.2) is 32.9 Å². The molecule has 76 valence electrons. The lowest BCUT2D eigenvalue weighted by molar-refractivity contribution is -0.142. The molecule has 2 rings (SSSR count). The molecule has 1 fully saturated rings. The maximum absolute atomic E-state index is 10.1. The molecule has 0 aliphatic heterocycles. The Morgan fingerprint density at radius 3 is 3.07 bits per heavy atom. The number of ether oxygens (including phenoxy) is 1. The van der Waals surface area contributed by atoms with E-state index in [1.54, 1.807) is 0 Å². The molecule has 1 aromatic rings. The zero-order valence-electron chi connectivity index (χ0n) is 7.56. The fourth-order valence-corrected chi connectivity index (χ4v) is 1.13. The van der Waals surface area contributed by atoms with Gasteiger partial charge in [0.15, 0.2) is 11.6 Å². The van der Waals surface area contributed by atoms with Crippen LogP contribution < -0.4 is 0 Å². The molecule has 6 nitrogen and oxygen atoms in total. The number of aliphatic carboxylic acids is 1. The number of carbonyl (C=O) groups is 1. The quantitative estimate of drug-likeness (QED) is 0.708. The van der Waals surface area contributed by atoms with E-state index < -0.39 is 5.97 Å². The fraction of sp³-hybridized carbons (Fsp3) is 0.625. The van der Waals surface area contributed by atoms with Crippen LogP contribution in [0.25, 0.3) is 0 Å². The van der Waals surface area contributed by atoms with Gasteiger partial charge in [-0.1, -0.05) is 0 Å². The Kier molecular flexibility index (Phi) is 2.45. The van der Waals surface area contributed by atoms with Crippen molar-refractivity contribution in [1.29, 1.82) is 0 Å². The van der Waals surface area contributed by atoms with Crippen molar-refractivity contribution in [2.45, 2.75) is 25.4 Å². The second-order valence-corrected chi connectivity index (χ2v) is 3.30. The lowest BCUT2D eigenvalue weighted by atomic mass is 10.4. The summed E-state index contributed by atoms with van der Waals surface area (Å²) >= 11 is 0. The molecule has 2 N–H and O–H groups in total. The van der Waals surface area contributed by atoms with Crippen LogP contribution in [0.5, 0.6) is 0 Å². The Balaban J connectivity index is 1.80. The maximum Gasteiger partial charge on any atom is 0.329 e. The first-order valence-electron chi connectivity index (χ1n) is 4.46. The van der Waals surface area contributed by atoms with Crippen LogP contribution in [0.4, 0.5) is 0 Å². The Morgan fingerprint density at radius 2 is 2.43 bits per heavy atom. The molecule has 1 saturated carbocycles. The maximum atomic E-state index is 10.1. The minimum absolute atomic E-state index is 0.173. The van der Waals surface area contributed by atoms with E-state index in [1.165, 1.54) is 0 Å². The number of aromatic nitrogens is 3. The molecular formula is C8H11N3O3. The lowest BCUT2D eigenvalue weighted by Gasteiger charge is -1.95. The molecular weight excluding hydrogens is 186 g/mol. The lowest BCUT2D eigenvalue weighted by Crippen LogP contribution is -2.07. The van der Waals surface area contributed by atoms with E-state index in [2.05, 4.69) is 15.2 Å². The van der Waals surface area contributed by atoms with Crippen LogP contribution in [0.2, 0.25) is 0 Å². The third kappa shape index (κ3) is 2.29. The normalized spacial score (nSPS) is 15.7. The zero-order chi connectivity index (χ0) is 9.97. The van der Waals surface area contributed by atoms with Gasteiger partial charge in [0.2, 0.25) is 0 Å². The van der Waals surface area contributed by atoms with Crippen molar-refractivity contribution in [2.24, 2.45) is 0 Å². The molecule has 0 amide bonds. The average Bonchev–Trinajstić information content (AvgIpc) is 2.87. The molecule has 0 atom stereocenters. The fourth-order valence-electron chi connectivity index (χ4n) is 1.13.